The van der Waals surface area contributed by atoms with E-state index in [0.29, 0.717) is 13.1 Å². The van der Waals surface area contributed by atoms with E-state index in [4.69, 9.17) is 51.1 Å². The molecular weight excluding hydrogens is 354 g/mol. The van der Waals surface area contributed by atoms with Crippen LogP contribution in [0.1, 0.15) is 1.43 Å². The third-order valence-corrected chi connectivity index (χ3v) is 0.144. The molecule has 0 aliphatic rings. The summed E-state index contributed by atoms with van der Waals surface area (Å²) in [5.74, 6) is -4.33. The zero-order valence-electron chi connectivity index (χ0n) is 13.1. The van der Waals surface area contributed by atoms with E-state index in [1.807, 2.05) is 0 Å². The molecule has 0 heterocycles. The Balaban J connectivity index is -0.0000000197. The van der Waals surface area contributed by atoms with Crippen molar-refractivity contribution in [2.45, 2.75) is 0 Å². The van der Waals surface area contributed by atoms with Crippen molar-refractivity contribution in [2.24, 2.45) is 5.73 Å². The van der Waals surface area contributed by atoms with E-state index >= 15 is 0 Å². The van der Waals surface area contributed by atoms with Gasteiger partial charge in [0.2, 0.25) is 0 Å². The number of carboxylic acid groups (broad SMARTS) is 4. The summed E-state index contributed by atoms with van der Waals surface area (Å²) in [6.45, 7) is 11.1. The van der Waals surface area contributed by atoms with Crippen LogP contribution in [0, 0.1) is 27.7 Å². The third kappa shape index (κ3) is 148000. The normalized spacial score (nSPS) is 5.73. The second kappa shape index (κ2) is 42.7. The van der Waals surface area contributed by atoms with Gasteiger partial charge in [0, 0.05) is 17.1 Å². The van der Waals surface area contributed by atoms with Gasteiger partial charge >= 0.3 is 29.6 Å². The Morgan fingerprint density at radius 1 is 0.818 bits per heavy atom. The maximum absolute atomic E-state index is 8.89. The Kier molecular flexibility index (Phi) is 83.1. The van der Waals surface area contributed by atoms with E-state index < -0.39 is 23.9 Å². The number of rotatable bonds is 1. The van der Waals surface area contributed by atoms with Gasteiger partial charge in [-0.1, -0.05) is 0 Å². The second-order valence-electron chi connectivity index (χ2n) is 2.11. The Labute approximate surface area is 163 Å². The average Bonchev–Trinajstić information content (AvgIpc) is 2.13. The molecule has 1 radical (unpaired) electrons. The molecule has 0 saturated heterocycles. The summed E-state index contributed by atoms with van der Waals surface area (Å²) in [7, 11) is 0. The summed E-state index contributed by atoms with van der Waals surface area (Å²) in [5, 5.41) is 29.2. The summed E-state index contributed by atoms with van der Waals surface area (Å²) >= 11 is 0. The fourth-order valence-electron chi connectivity index (χ4n) is 0. The zero-order valence-corrected chi connectivity index (χ0v) is 15.3. The maximum Gasteiger partial charge on any atom is 1.00 e. The Morgan fingerprint density at radius 2 is 0.864 bits per heavy atom. The van der Waals surface area contributed by atoms with Crippen LogP contribution in [-0.4, -0.2) is 57.4 Å². The van der Waals surface area contributed by atoms with E-state index in [0.717, 1.165) is 0 Å². The van der Waals surface area contributed by atoms with Crippen LogP contribution in [0.4, 0.5) is 0 Å². The molecule has 0 aromatic rings. The molecule has 0 spiro atoms. The Hall–Kier alpha value is -1.20. The molecule has 0 fully saturated rings. The Morgan fingerprint density at radius 3 is 0.864 bits per heavy atom. The minimum atomic E-state index is -1.08. The van der Waals surface area contributed by atoms with Crippen LogP contribution >= 0.6 is 0 Å². The molecular formula is C10H20MnN2NaO8-5. The molecule has 0 bridgehead atoms. The molecule has 22 heavy (non-hydrogen) atoms. The van der Waals surface area contributed by atoms with E-state index in [1.54, 1.807) is 0 Å². The van der Waals surface area contributed by atoms with Gasteiger partial charge in [-0.15, -0.1) is 6.54 Å². The predicted molar refractivity (Wildman–Crippen MR) is 71.3 cm³/mol. The van der Waals surface area contributed by atoms with Gasteiger partial charge < -0.3 is 33.3 Å². The van der Waals surface area contributed by atoms with Crippen molar-refractivity contribution >= 4 is 23.9 Å². The molecule has 0 atom stereocenters. The van der Waals surface area contributed by atoms with Gasteiger partial charge in [0.05, 0.1) is 0 Å². The molecule has 131 valence electrons. The zero-order chi connectivity index (χ0) is 17.7. The topological polar surface area (TPSA) is 199 Å². The van der Waals surface area contributed by atoms with Crippen molar-refractivity contribution < 1.29 is 87.7 Å². The molecule has 10 nitrogen and oxygen atoms in total. The van der Waals surface area contributed by atoms with Crippen LogP contribution in [0.15, 0.2) is 0 Å². The van der Waals surface area contributed by atoms with Gasteiger partial charge in [-0.2, -0.15) is 0 Å². The van der Waals surface area contributed by atoms with E-state index in [9.17, 15) is 0 Å². The number of carboxylic acids is 4. The summed E-state index contributed by atoms with van der Waals surface area (Å²) in [6.07, 6.45) is 0. The number of hydrogen-bond acceptors (Lipinski definition) is 5. The van der Waals surface area contributed by atoms with E-state index in [-0.39, 0.29) is 48.1 Å². The SMILES string of the molecule is [CH2-]C(=O)O.[CH2-]C(=O)O.[CH2-]C(=O)O.[CH2-]C(=O)O.[H-].[Mn].[NH-]CCN.[Na+]. The predicted octanol–water partition coefficient (Wildman–Crippen LogP) is -3.27. The fourth-order valence-corrected chi connectivity index (χ4v) is 0. The molecule has 0 rings (SSSR count). The molecule has 0 saturated carbocycles. The van der Waals surface area contributed by atoms with Crippen molar-refractivity contribution in [3.63, 3.8) is 0 Å². The van der Waals surface area contributed by atoms with Crippen molar-refractivity contribution in [3.8, 4) is 0 Å². The van der Waals surface area contributed by atoms with Gasteiger partial charge in [-0.3, -0.25) is 46.9 Å². The van der Waals surface area contributed by atoms with Crippen LogP contribution in [0.5, 0.6) is 0 Å². The molecule has 0 aromatic carbocycles. The molecule has 0 aliphatic heterocycles. The summed E-state index contributed by atoms with van der Waals surface area (Å²) in [4.78, 5) is 35.6. The number of nitrogens with one attached hydrogen (secondary N) is 1. The van der Waals surface area contributed by atoms with Crippen molar-refractivity contribution in [3.05, 3.63) is 33.4 Å². The van der Waals surface area contributed by atoms with Crippen molar-refractivity contribution in [1.29, 1.82) is 0 Å². The maximum atomic E-state index is 8.89. The van der Waals surface area contributed by atoms with Crippen LogP contribution in [-0.2, 0) is 36.2 Å². The summed E-state index contributed by atoms with van der Waals surface area (Å²) < 4.78 is 0. The number of aliphatic carboxylic acids is 4. The monoisotopic (exact) mass is 374 g/mol. The summed E-state index contributed by atoms with van der Waals surface area (Å²) in [5.41, 5.74) is 11.2. The molecule has 7 N–H and O–H groups in total. The molecule has 0 amide bonds. The van der Waals surface area contributed by atoms with Gasteiger partial charge in [0.15, 0.2) is 23.9 Å². The average molecular weight is 374 g/mol. The largest absolute Gasteiger partial charge is 1.00 e. The molecule has 0 aromatic heterocycles. The van der Waals surface area contributed by atoms with Crippen LogP contribution in [0.3, 0.4) is 0 Å². The van der Waals surface area contributed by atoms with Gasteiger partial charge in [-0.05, 0) is 6.54 Å². The first-order chi connectivity index (χ1) is 8.84. The third-order valence-electron chi connectivity index (χ3n) is 0.144. The molecule has 12 heteroatoms. The van der Waals surface area contributed by atoms with Gasteiger partial charge in [-0.25, -0.2) is 0 Å². The summed E-state index contributed by atoms with van der Waals surface area (Å²) in [6, 6.07) is 0. The van der Waals surface area contributed by atoms with E-state index in [1.165, 1.54) is 0 Å². The van der Waals surface area contributed by atoms with Crippen molar-refractivity contribution in [2.75, 3.05) is 13.1 Å². The van der Waals surface area contributed by atoms with Crippen molar-refractivity contribution in [1.82, 2.24) is 0 Å². The van der Waals surface area contributed by atoms with Crippen LogP contribution in [0.2, 0.25) is 0 Å². The standard InChI is InChI=1S/C2H7N2.4C2H3O2.Mn.Na.H/c3-1-2-4;4*1-2(3)4;;;/h3H,1-2,4H2;4*1H2,(H,3,4);;;/q5*-1;;+1;-1. The first-order valence-electron chi connectivity index (χ1n) is 4.39. The molecule has 0 unspecified atom stereocenters. The quantitative estimate of drug-likeness (QED) is 0.231. The van der Waals surface area contributed by atoms with Crippen LogP contribution < -0.4 is 35.3 Å². The van der Waals surface area contributed by atoms with Crippen LogP contribution in [0.25, 0.3) is 5.73 Å². The second-order valence-corrected chi connectivity index (χ2v) is 2.11. The van der Waals surface area contributed by atoms with Gasteiger partial charge in [0.25, 0.3) is 0 Å². The van der Waals surface area contributed by atoms with E-state index in [2.05, 4.69) is 27.7 Å². The minimum absolute atomic E-state index is 0. The smallest absolute Gasteiger partial charge is 1.00 e. The Bertz CT molecular complexity index is 207. The number of hydrogen-bond donors (Lipinski definition) is 5. The number of nitrogens with two attached hydrogens (primary N) is 1. The minimum Gasteiger partial charge on any atom is -1.00 e. The van der Waals surface area contributed by atoms with Gasteiger partial charge in [0.1, 0.15) is 0 Å². The number of carbonyl (C=O) groups is 4. The first kappa shape index (κ1) is 42.8. The fraction of sp³-hybridized carbons (Fsp3) is 0.200. The first-order valence-corrected chi connectivity index (χ1v) is 4.39. The molecule has 0 aliphatic carbocycles.